The van der Waals surface area contributed by atoms with Crippen LogP contribution in [0.4, 0.5) is 0 Å². The molecule has 1 aliphatic heterocycles. The predicted molar refractivity (Wildman–Crippen MR) is 289 cm³/mol. The molecule has 1 aliphatic rings. The van der Waals surface area contributed by atoms with Gasteiger partial charge in [-0.2, -0.15) is 0 Å². The first-order chi connectivity index (χ1) is 30.8. The van der Waals surface area contributed by atoms with Crippen molar-refractivity contribution in [1.29, 1.82) is 0 Å². The predicted octanol–water partition coefficient (Wildman–Crippen LogP) is 15.6. The molecule has 0 aliphatic carbocycles. The molecule has 0 amide bonds. The first-order valence-corrected chi connectivity index (χ1v) is 31.2. The molecule has 0 bridgehead atoms. The first kappa shape index (κ1) is 58.8. The molecule has 0 radical (unpaired) electrons. The standard InChI is InChI=1S/C55H93IO8Si2/c1-38(2)53(64-65(18,19)54(11,12)13)43(10)20-25-48-32-51(62-55(14,15)61-48)34-49(59-36-44-21-26-46(57-16)27-22-44)33-50(60-37-45-23-28-47(58-17)29-24-45)35-52(42(9)30-31-56)63-66(39(3)4,40(5)6)41(7)8/h20-31,38-43,48-53H,32-37H2,1-19H3/b25-20?,31-30+/t42-,43-,48-,49-,50+,51-,52+,53-/m0/s1. The zero-order valence-corrected chi connectivity index (χ0v) is 48.9. The maximum absolute atomic E-state index is 7.67. The van der Waals surface area contributed by atoms with Crippen LogP contribution >= 0.6 is 22.6 Å². The van der Waals surface area contributed by atoms with E-state index in [1.807, 2.05) is 38.1 Å². The second-order valence-electron chi connectivity index (χ2n) is 22.3. The fourth-order valence-electron chi connectivity index (χ4n) is 9.65. The molecular weight excluding hydrogens is 972 g/mol. The van der Waals surface area contributed by atoms with Crippen molar-refractivity contribution < 1.29 is 37.3 Å². The molecule has 11 heteroatoms. The first-order valence-electron chi connectivity index (χ1n) is 24.9. The minimum absolute atomic E-state index is 0.0388. The van der Waals surface area contributed by atoms with E-state index in [9.17, 15) is 0 Å². The van der Waals surface area contributed by atoms with Crippen molar-refractivity contribution in [2.24, 2.45) is 17.8 Å². The average Bonchev–Trinajstić information content (AvgIpc) is 3.23. The number of methoxy groups -OCH3 is 2. The van der Waals surface area contributed by atoms with E-state index in [-0.39, 0.29) is 53.5 Å². The van der Waals surface area contributed by atoms with Gasteiger partial charge in [-0.05, 0) is 119 Å². The number of rotatable bonds is 27. The molecule has 2 aromatic carbocycles. The summed E-state index contributed by atoms with van der Waals surface area (Å²) in [6.45, 7) is 40.0. The van der Waals surface area contributed by atoms with Gasteiger partial charge < -0.3 is 37.3 Å². The summed E-state index contributed by atoms with van der Waals surface area (Å²) >= 11 is 2.35. The number of hydrogen-bond donors (Lipinski definition) is 0. The van der Waals surface area contributed by atoms with E-state index in [1.54, 1.807) is 14.2 Å². The van der Waals surface area contributed by atoms with Gasteiger partial charge in [0.1, 0.15) is 11.5 Å². The average molecular weight is 1070 g/mol. The molecule has 0 aromatic heterocycles. The van der Waals surface area contributed by atoms with Gasteiger partial charge in [-0.15, -0.1) is 0 Å². The van der Waals surface area contributed by atoms with Gasteiger partial charge in [0.05, 0.1) is 64.1 Å². The van der Waals surface area contributed by atoms with Gasteiger partial charge in [-0.1, -0.05) is 155 Å². The van der Waals surface area contributed by atoms with Crippen LogP contribution in [0.25, 0.3) is 0 Å². The van der Waals surface area contributed by atoms with Crippen LogP contribution in [0.3, 0.4) is 0 Å². The second-order valence-corrected chi connectivity index (χ2v) is 33.2. The fourth-order valence-corrected chi connectivity index (χ4v) is 17.5. The van der Waals surface area contributed by atoms with E-state index in [4.69, 9.17) is 37.3 Å². The lowest BCUT2D eigenvalue weighted by Crippen LogP contribution is -2.52. The highest BCUT2D eigenvalue weighted by atomic mass is 127. The fraction of sp³-hybridized carbons (Fsp3) is 0.709. The van der Waals surface area contributed by atoms with Crippen molar-refractivity contribution in [2.45, 2.75) is 220 Å². The summed E-state index contributed by atoms with van der Waals surface area (Å²) in [5, 5.41) is 0.136. The summed E-state index contributed by atoms with van der Waals surface area (Å²) in [5.74, 6) is 1.66. The van der Waals surface area contributed by atoms with E-state index < -0.39 is 22.4 Å². The van der Waals surface area contributed by atoms with Crippen LogP contribution in [0.15, 0.2) is 70.8 Å². The zero-order valence-electron chi connectivity index (χ0n) is 44.7. The highest BCUT2D eigenvalue weighted by Crippen LogP contribution is 2.45. The third kappa shape index (κ3) is 17.7. The van der Waals surface area contributed by atoms with Crippen LogP contribution in [0.5, 0.6) is 11.5 Å². The van der Waals surface area contributed by atoms with Gasteiger partial charge in [0.25, 0.3) is 0 Å². The minimum Gasteiger partial charge on any atom is -0.497 e. The van der Waals surface area contributed by atoms with Crippen molar-refractivity contribution in [1.82, 2.24) is 0 Å². The van der Waals surface area contributed by atoms with E-state index in [2.05, 4.69) is 172 Å². The third-order valence-electron chi connectivity index (χ3n) is 14.3. The quantitative estimate of drug-likeness (QED) is 0.0498. The van der Waals surface area contributed by atoms with Gasteiger partial charge in [-0.3, -0.25) is 0 Å². The van der Waals surface area contributed by atoms with Crippen molar-refractivity contribution in [3.63, 3.8) is 0 Å². The second kappa shape index (κ2) is 26.6. The molecule has 8 nitrogen and oxygen atoms in total. The number of hydrogen-bond acceptors (Lipinski definition) is 8. The smallest absolute Gasteiger partial charge is 0.200 e. The van der Waals surface area contributed by atoms with Crippen LogP contribution in [0.1, 0.15) is 141 Å². The summed E-state index contributed by atoms with van der Waals surface area (Å²) in [7, 11) is -0.836. The summed E-state index contributed by atoms with van der Waals surface area (Å²) in [4.78, 5) is 0. The lowest BCUT2D eigenvalue weighted by molar-refractivity contribution is -0.294. The molecule has 8 atom stereocenters. The summed E-state index contributed by atoms with van der Waals surface area (Å²) < 4.78 is 55.3. The van der Waals surface area contributed by atoms with Crippen molar-refractivity contribution in [3.05, 3.63) is 82.0 Å². The Morgan fingerprint density at radius 1 is 0.697 bits per heavy atom. The largest absolute Gasteiger partial charge is 0.497 e. The maximum atomic E-state index is 7.67. The normalized spacial score (nSPS) is 20.4. The molecule has 0 unspecified atom stereocenters. The molecule has 3 rings (SSSR count). The topological polar surface area (TPSA) is 73.8 Å². The van der Waals surface area contributed by atoms with Crippen molar-refractivity contribution in [3.8, 4) is 11.5 Å². The Bertz CT molecular complexity index is 1710. The number of benzene rings is 2. The maximum Gasteiger partial charge on any atom is 0.200 e. The van der Waals surface area contributed by atoms with Crippen LogP contribution in [0.2, 0.25) is 34.8 Å². The third-order valence-corrected chi connectivity index (χ3v) is 25.3. The summed E-state index contributed by atoms with van der Waals surface area (Å²) in [5.41, 5.74) is 3.54. The molecule has 1 fully saturated rings. The van der Waals surface area contributed by atoms with Gasteiger partial charge in [0.15, 0.2) is 14.1 Å². The molecule has 376 valence electrons. The van der Waals surface area contributed by atoms with Crippen LogP contribution in [-0.4, -0.2) is 73.3 Å². The van der Waals surface area contributed by atoms with Crippen LogP contribution in [0, 0.1) is 17.8 Å². The van der Waals surface area contributed by atoms with Crippen molar-refractivity contribution >= 4 is 39.2 Å². The zero-order chi connectivity index (χ0) is 49.6. The molecule has 66 heavy (non-hydrogen) atoms. The molecular formula is C55H93IO8Si2. The monoisotopic (exact) mass is 1060 g/mol. The molecule has 0 N–H and O–H groups in total. The van der Waals surface area contributed by atoms with Gasteiger partial charge in [0.2, 0.25) is 8.32 Å². The van der Waals surface area contributed by atoms with Crippen LogP contribution < -0.4 is 9.47 Å². The minimum atomic E-state index is -2.26. The van der Waals surface area contributed by atoms with Gasteiger partial charge in [-0.25, -0.2) is 0 Å². The molecule has 1 heterocycles. The summed E-state index contributed by atoms with van der Waals surface area (Å²) in [6, 6.07) is 16.3. The van der Waals surface area contributed by atoms with Gasteiger partial charge >= 0.3 is 0 Å². The Morgan fingerprint density at radius 3 is 1.64 bits per heavy atom. The van der Waals surface area contributed by atoms with Gasteiger partial charge in [0, 0.05) is 12.8 Å². The lowest BCUT2D eigenvalue weighted by Gasteiger charge is -2.46. The Kier molecular flexibility index (Phi) is 23.7. The Morgan fingerprint density at radius 2 is 1.20 bits per heavy atom. The molecule has 0 saturated carbocycles. The van der Waals surface area contributed by atoms with E-state index >= 15 is 0 Å². The Labute approximate surface area is 419 Å². The van der Waals surface area contributed by atoms with E-state index in [0.29, 0.717) is 48.6 Å². The van der Waals surface area contributed by atoms with Crippen LogP contribution in [-0.2, 0) is 41.0 Å². The number of ether oxygens (including phenoxy) is 6. The Balaban J connectivity index is 2.04. The highest BCUT2D eigenvalue weighted by molar-refractivity contribution is 14.1. The van der Waals surface area contributed by atoms with Crippen molar-refractivity contribution in [2.75, 3.05) is 14.2 Å². The highest BCUT2D eigenvalue weighted by Gasteiger charge is 2.48. The SMILES string of the molecule is COc1ccc(CO[C@H](C[C@@H](C[C@@H]2C[C@H](C=C[C@H](C)[C@@H](O[Si](C)(C)C(C)(C)C)C(C)C)OC(C)(C)O2)OCc2ccc(OC)cc2)C[C@@H](O[Si](C(C)C)(C(C)C)C(C)C)[C@@H](C)/C=C/I)cc1. The molecule has 1 saturated heterocycles. The molecule has 0 spiro atoms. The number of halogens is 1. The summed E-state index contributed by atoms with van der Waals surface area (Å²) in [6.07, 6.45) is 9.19. The Hall–Kier alpha value is -1.56. The molecule has 2 aromatic rings. The lowest BCUT2D eigenvalue weighted by atomic mass is 9.92. The van der Waals surface area contributed by atoms with E-state index in [1.165, 1.54) is 0 Å². The van der Waals surface area contributed by atoms with E-state index in [0.717, 1.165) is 35.5 Å².